The summed E-state index contributed by atoms with van der Waals surface area (Å²) in [7, 11) is 3.01. The fourth-order valence-electron chi connectivity index (χ4n) is 2.89. The minimum Gasteiger partial charge on any atom is -0.493 e. The Hall–Kier alpha value is -3.03. The van der Waals surface area contributed by atoms with Crippen LogP contribution in [0.3, 0.4) is 0 Å². The number of thiophene rings is 1. The van der Waals surface area contributed by atoms with E-state index in [2.05, 4.69) is 5.32 Å². The van der Waals surface area contributed by atoms with Crippen LogP contribution < -0.4 is 14.8 Å². The number of carbonyl (C=O) groups excluding carboxylic acids is 2. The lowest BCUT2D eigenvalue weighted by Crippen LogP contribution is -2.15. The molecule has 1 N–H and O–H groups in total. The van der Waals surface area contributed by atoms with Gasteiger partial charge in [0.05, 0.1) is 20.8 Å². The van der Waals surface area contributed by atoms with Crippen molar-refractivity contribution in [3.8, 4) is 22.6 Å². The maximum absolute atomic E-state index is 12.8. The van der Waals surface area contributed by atoms with Gasteiger partial charge >= 0.3 is 5.97 Å². The molecular weight excluding hydrogens is 426 g/mol. The molecule has 1 heterocycles. The van der Waals surface area contributed by atoms with Crippen LogP contribution in [0.15, 0.2) is 47.8 Å². The highest BCUT2D eigenvalue weighted by Crippen LogP contribution is 2.39. The maximum Gasteiger partial charge on any atom is 0.341 e. The molecule has 0 radical (unpaired) electrons. The zero-order valence-electron chi connectivity index (χ0n) is 16.7. The van der Waals surface area contributed by atoms with Crippen molar-refractivity contribution in [1.82, 2.24) is 0 Å². The molecule has 2 aromatic carbocycles. The van der Waals surface area contributed by atoms with Crippen LogP contribution in [0.5, 0.6) is 11.5 Å². The third-order valence-corrected chi connectivity index (χ3v) is 5.53. The monoisotopic (exact) mass is 445 g/mol. The van der Waals surface area contributed by atoms with E-state index in [9.17, 15) is 9.59 Å². The van der Waals surface area contributed by atoms with Gasteiger partial charge in [0.15, 0.2) is 11.5 Å². The fraction of sp³-hybridized carbons (Fsp3) is 0.182. The van der Waals surface area contributed by atoms with Crippen LogP contribution in [-0.2, 0) is 4.74 Å². The highest BCUT2D eigenvalue weighted by molar-refractivity contribution is 7.15. The van der Waals surface area contributed by atoms with Gasteiger partial charge in [-0.1, -0.05) is 29.8 Å². The first-order chi connectivity index (χ1) is 14.5. The second-order valence-electron chi connectivity index (χ2n) is 6.08. The highest BCUT2D eigenvalue weighted by atomic mass is 35.5. The first kappa shape index (κ1) is 21.7. The average Bonchev–Trinajstić information content (AvgIpc) is 3.16. The summed E-state index contributed by atoms with van der Waals surface area (Å²) in [5.41, 5.74) is 1.91. The van der Waals surface area contributed by atoms with Gasteiger partial charge < -0.3 is 19.5 Å². The van der Waals surface area contributed by atoms with Crippen molar-refractivity contribution in [2.45, 2.75) is 6.92 Å². The second kappa shape index (κ2) is 9.65. The number of carbonyl (C=O) groups is 2. The summed E-state index contributed by atoms with van der Waals surface area (Å²) in [5.74, 6) is 0.0161. The van der Waals surface area contributed by atoms with E-state index >= 15 is 0 Å². The number of hydrogen-bond acceptors (Lipinski definition) is 6. The number of hydrogen-bond donors (Lipinski definition) is 1. The Morgan fingerprint density at radius 1 is 1.03 bits per heavy atom. The molecule has 0 aliphatic carbocycles. The molecule has 6 nitrogen and oxygen atoms in total. The van der Waals surface area contributed by atoms with Gasteiger partial charge in [-0.05, 0) is 31.2 Å². The summed E-state index contributed by atoms with van der Waals surface area (Å²) in [4.78, 5) is 25.5. The number of amides is 1. The predicted molar refractivity (Wildman–Crippen MR) is 118 cm³/mol. The van der Waals surface area contributed by atoms with Crippen molar-refractivity contribution >= 4 is 39.8 Å². The summed E-state index contributed by atoms with van der Waals surface area (Å²) >= 11 is 7.55. The van der Waals surface area contributed by atoms with E-state index in [1.54, 1.807) is 36.6 Å². The zero-order valence-corrected chi connectivity index (χ0v) is 18.2. The van der Waals surface area contributed by atoms with Crippen molar-refractivity contribution in [1.29, 1.82) is 0 Å². The average molecular weight is 446 g/mol. The predicted octanol–water partition coefficient (Wildman–Crippen LogP) is 5.51. The Labute approximate surface area is 183 Å². The van der Waals surface area contributed by atoms with Gasteiger partial charge in [0.25, 0.3) is 5.91 Å². The third-order valence-electron chi connectivity index (χ3n) is 4.31. The number of anilines is 1. The van der Waals surface area contributed by atoms with E-state index < -0.39 is 11.9 Å². The molecule has 0 atom stereocenters. The van der Waals surface area contributed by atoms with Crippen molar-refractivity contribution in [2.24, 2.45) is 0 Å². The minimum absolute atomic E-state index is 0.208. The molecule has 30 heavy (non-hydrogen) atoms. The Bertz CT molecular complexity index is 1080. The van der Waals surface area contributed by atoms with Crippen LogP contribution in [0.4, 0.5) is 5.00 Å². The summed E-state index contributed by atoms with van der Waals surface area (Å²) in [6, 6.07) is 12.0. The second-order valence-corrected chi connectivity index (χ2v) is 7.36. The van der Waals surface area contributed by atoms with E-state index in [1.807, 2.05) is 18.2 Å². The Kier molecular flexibility index (Phi) is 6.97. The molecule has 0 bridgehead atoms. The van der Waals surface area contributed by atoms with E-state index in [0.717, 1.165) is 0 Å². The van der Waals surface area contributed by atoms with Gasteiger partial charge in [0.2, 0.25) is 0 Å². The fourth-order valence-corrected chi connectivity index (χ4v) is 4.07. The molecule has 0 saturated heterocycles. The molecule has 0 aliphatic rings. The Morgan fingerprint density at radius 2 is 1.77 bits per heavy atom. The molecule has 0 saturated carbocycles. The molecule has 3 aromatic rings. The van der Waals surface area contributed by atoms with Gasteiger partial charge in [0, 0.05) is 27.1 Å². The van der Waals surface area contributed by atoms with E-state index in [1.165, 1.54) is 25.6 Å². The van der Waals surface area contributed by atoms with Crippen LogP contribution in [0.2, 0.25) is 5.02 Å². The van der Waals surface area contributed by atoms with Crippen LogP contribution in [0, 0.1) is 0 Å². The van der Waals surface area contributed by atoms with Gasteiger partial charge in [0.1, 0.15) is 10.6 Å². The smallest absolute Gasteiger partial charge is 0.341 e. The SMILES string of the molecule is CCOC(=O)c1c(-c2ccccc2Cl)csc1NC(=O)c1ccc(OC)c(OC)c1. The molecule has 0 spiro atoms. The van der Waals surface area contributed by atoms with Crippen LogP contribution in [-0.4, -0.2) is 32.7 Å². The quantitative estimate of drug-likeness (QED) is 0.485. The molecular formula is C22H20ClNO5S. The highest BCUT2D eigenvalue weighted by Gasteiger charge is 2.24. The summed E-state index contributed by atoms with van der Waals surface area (Å²) in [5, 5.41) is 5.46. The largest absolute Gasteiger partial charge is 0.493 e. The lowest BCUT2D eigenvalue weighted by molar-refractivity contribution is 0.0529. The maximum atomic E-state index is 12.8. The lowest BCUT2D eigenvalue weighted by Gasteiger charge is -2.11. The van der Waals surface area contributed by atoms with E-state index in [0.29, 0.717) is 38.2 Å². The van der Waals surface area contributed by atoms with Crippen molar-refractivity contribution in [2.75, 3.05) is 26.1 Å². The van der Waals surface area contributed by atoms with Crippen molar-refractivity contribution < 1.29 is 23.8 Å². The molecule has 1 aromatic heterocycles. The first-order valence-electron chi connectivity index (χ1n) is 9.07. The number of rotatable bonds is 7. The molecule has 8 heteroatoms. The molecule has 0 fully saturated rings. The molecule has 156 valence electrons. The minimum atomic E-state index is -0.531. The molecule has 3 rings (SSSR count). The number of halogens is 1. The lowest BCUT2D eigenvalue weighted by atomic mass is 10.0. The number of ether oxygens (including phenoxy) is 3. The van der Waals surface area contributed by atoms with Gasteiger partial charge in [-0.25, -0.2) is 4.79 Å². The van der Waals surface area contributed by atoms with Crippen molar-refractivity contribution in [3.63, 3.8) is 0 Å². The number of benzene rings is 2. The third kappa shape index (κ3) is 4.42. The molecule has 0 unspecified atom stereocenters. The van der Waals surface area contributed by atoms with Crippen molar-refractivity contribution in [3.05, 3.63) is 64.0 Å². The van der Waals surface area contributed by atoms with Crippen LogP contribution in [0.25, 0.3) is 11.1 Å². The summed E-state index contributed by atoms with van der Waals surface area (Å²) in [6.45, 7) is 1.93. The van der Waals surface area contributed by atoms with E-state index in [4.69, 9.17) is 25.8 Å². The normalized spacial score (nSPS) is 10.4. The van der Waals surface area contributed by atoms with Crippen LogP contribution >= 0.6 is 22.9 Å². The van der Waals surface area contributed by atoms with Gasteiger partial charge in [-0.3, -0.25) is 4.79 Å². The summed E-state index contributed by atoms with van der Waals surface area (Å²) < 4.78 is 15.7. The molecule has 1 amide bonds. The first-order valence-corrected chi connectivity index (χ1v) is 10.3. The van der Waals surface area contributed by atoms with Gasteiger partial charge in [-0.2, -0.15) is 0 Å². The van der Waals surface area contributed by atoms with E-state index in [-0.39, 0.29) is 12.2 Å². The number of methoxy groups -OCH3 is 2. The number of esters is 1. The summed E-state index contributed by atoms with van der Waals surface area (Å²) in [6.07, 6.45) is 0. The zero-order chi connectivity index (χ0) is 21.7. The van der Waals surface area contributed by atoms with Crippen LogP contribution in [0.1, 0.15) is 27.6 Å². The topological polar surface area (TPSA) is 73.9 Å². The Morgan fingerprint density at radius 3 is 2.43 bits per heavy atom. The van der Waals surface area contributed by atoms with Gasteiger partial charge in [-0.15, -0.1) is 11.3 Å². The molecule has 0 aliphatic heterocycles. The number of nitrogens with one attached hydrogen (secondary N) is 1. The standard InChI is InChI=1S/C22H20ClNO5S/c1-4-29-22(26)19-15(14-7-5-6-8-16(14)23)12-30-21(19)24-20(25)13-9-10-17(27-2)18(11-13)28-3/h5-12H,4H2,1-3H3,(H,24,25). The Balaban J connectivity index is 1.99.